The van der Waals surface area contributed by atoms with Gasteiger partial charge in [0.15, 0.2) is 0 Å². The number of rotatable bonds is 2. The number of halogens is 4. The fourth-order valence-corrected chi connectivity index (χ4v) is 2.75. The molecule has 0 aromatic heterocycles. The molecule has 2 aliphatic heterocycles. The molecular formula is C12H18F4N2O. The van der Waals surface area contributed by atoms with Crippen LogP contribution in [-0.2, 0) is 4.79 Å². The van der Waals surface area contributed by atoms with E-state index in [9.17, 15) is 22.4 Å². The number of hydrogen-bond donors (Lipinski definition) is 0. The van der Waals surface area contributed by atoms with E-state index in [0.29, 0.717) is 32.4 Å². The second kappa shape index (κ2) is 5.64. The van der Waals surface area contributed by atoms with Gasteiger partial charge in [0.1, 0.15) is 12.2 Å². The predicted octanol–water partition coefficient (Wildman–Crippen LogP) is 1.97. The van der Waals surface area contributed by atoms with Crippen molar-refractivity contribution < 1.29 is 22.4 Å². The quantitative estimate of drug-likeness (QED) is 0.723. The van der Waals surface area contributed by atoms with Crippen LogP contribution in [0.25, 0.3) is 0 Å². The molecule has 1 unspecified atom stereocenters. The standard InChI is InChI=1S/C12H18F4N2O/c13-9-3-6-17(7-4-9)8-11(19)18-5-1-2-10(18)12(14,15)16/h9-10H,1-8H2. The Balaban J connectivity index is 1.89. The molecule has 0 aromatic carbocycles. The Morgan fingerprint density at radius 2 is 1.74 bits per heavy atom. The second-order valence-corrected chi connectivity index (χ2v) is 5.24. The summed E-state index contributed by atoms with van der Waals surface area (Å²) >= 11 is 0. The number of likely N-dealkylation sites (tertiary alicyclic amines) is 2. The van der Waals surface area contributed by atoms with E-state index in [1.54, 1.807) is 4.90 Å². The monoisotopic (exact) mass is 282 g/mol. The van der Waals surface area contributed by atoms with Crippen LogP contribution in [0.4, 0.5) is 17.6 Å². The Bertz CT molecular complexity index is 326. The molecule has 2 heterocycles. The maximum Gasteiger partial charge on any atom is 0.408 e. The van der Waals surface area contributed by atoms with Gasteiger partial charge >= 0.3 is 6.18 Å². The van der Waals surface area contributed by atoms with Crippen LogP contribution in [0, 0.1) is 0 Å². The van der Waals surface area contributed by atoms with Crippen molar-refractivity contribution in [3.63, 3.8) is 0 Å². The summed E-state index contributed by atoms with van der Waals surface area (Å²) in [4.78, 5) is 14.6. The molecule has 0 N–H and O–H groups in total. The molecule has 19 heavy (non-hydrogen) atoms. The second-order valence-electron chi connectivity index (χ2n) is 5.24. The van der Waals surface area contributed by atoms with Crippen molar-refractivity contribution in [2.75, 3.05) is 26.2 Å². The average molecular weight is 282 g/mol. The SMILES string of the molecule is O=C(CN1CCC(F)CC1)N1CCCC1C(F)(F)F. The lowest BCUT2D eigenvalue weighted by Gasteiger charge is -2.32. The Hall–Kier alpha value is -0.850. The van der Waals surface area contributed by atoms with Crippen molar-refractivity contribution in [1.82, 2.24) is 9.80 Å². The van der Waals surface area contributed by atoms with Crippen molar-refractivity contribution >= 4 is 5.91 Å². The lowest BCUT2D eigenvalue weighted by molar-refractivity contribution is -0.183. The number of piperidine rings is 1. The van der Waals surface area contributed by atoms with Gasteiger partial charge < -0.3 is 4.90 Å². The first kappa shape index (κ1) is 14.6. The van der Waals surface area contributed by atoms with Crippen LogP contribution in [0.1, 0.15) is 25.7 Å². The zero-order chi connectivity index (χ0) is 14.0. The van der Waals surface area contributed by atoms with Crippen molar-refractivity contribution in [1.29, 1.82) is 0 Å². The van der Waals surface area contributed by atoms with Crippen molar-refractivity contribution in [3.05, 3.63) is 0 Å². The van der Waals surface area contributed by atoms with Crippen molar-refractivity contribution in [2.45, 2.75) is 44.1 Å². The fourth-order valence-electron chi connectivity index (χ4n) is 2.75. The van der Waals surface area contributed by atoms with E-state index in [0.717, 1.165) is 4.90 Å². The van der Waals surface area contributed by atoms with Gasteiger partial charge in [-0.1, -0.05) is 0 Å². The average Bonchev–Trinajstić information content (AvgIpc) is 2.81. The zero-order valence-corrected chi connectivity index (χ0v) is 10.6. The van der Waals surface area contributed by atoms with Gasteiger partial charge in [0.05, 0.1) is 6.54 Å². The van der Waals surface area contributed by atoms with E-state index in [2.05, 4.69) is 0 Å². The van der Waals surface area contributed by atoms with Crippen LogP contribution < -0.4 is 0 Å². The summed E-state index contributed by atoms with van der Waals surface area (Å²) in [6.45, 7) is 1.02. The number of carbonyl (C=O) groups is 1. The van der Waals surface area contributed by atoms with Gasteiger partial charge in [0, 0.05) is 19.6 Å². The van der Waals surface area contributed by atoms with Crippen LogP contribution in [0.5, 0.6) is 0 Å². The third-order valence-electron chi connectivity index (χ3n) is 3.83. The predicted molar refractivity (Wildman–Crippen MR) is 61.4 cm³/mol. The Labute approximate surface area is 109 Å². The van der Waals surface area contributed by atoms with E-state index < -0.39 is 24.3 Å². The third-order valence-corrected chi connectivity index (χ3v) is 3.83. The highest BCUT2D eigenvalue weighted by Gasteiger charge is 2.47. The number of nitrogens with zero attached hydrogens (tertiary/aromatic N) is 2. The third kappa shape index (κ3) is 3.58. The molecule has 1 atom stereocenters. The molecule has 2 aliphatic rings. The highest BCUT2D eigenvalue weighted by Crippen LogP contribution is 2.32. The molecule has 3 nitrogen and oxygen atoms in total. The fraction of sp³-hybridized carbons (Fsp3) is 0.917. The molecule has 0 aromatic rings. The van der Waals surface area contributed by atoms with E-state index >= 15 is 0 Å². The molecule has 110 valence electrons. The lowest BCUT2D eigenvalue weighted by Crippen LogP contribution is -2.49. The van der Waals surface area contributed by atoms with Gasteiger partial charge in [-0.25, -0.2) is 4.39 Å². The summed E-state index contributed by atoms with van der Waals surface area (Å²) in [6.07, 6.45) is -4.10. The Morgan fingerprint density at radius 3 is 2.32 bits per heavy atom. The molecule has 1 amide bonds. The molecule has 0 radical (unpaired) electrons. The van der Waals surface area contributed by atoms with Crippen molar-refractivity contribution in [2.24, 2.45) is 0 Å². The maximum absolute atomic E-state index is 12.9. The highest BCUT2D eigenvalue weighted by atomic mass is 19.4. The molecule has 0 bridgehead atoms. The summed E-state index contributed by atoms with van der Waals surface area (Å²) in [7, 11) is 0. The van der Waals surface area contributed by atoms with Gasteiger partial charge in [-0.15, -0.1) is 0 Å². The van der Waals surface area contributed by atoms with Gasteiger partial charge in [0.25, 0.3) is 0 Å². The lowest BCUT2D eigenvalue weighted by atomic mass is 10.1. The van der Waals surface area contributed by atoms with Crippen molar-refractivity contribution in [3.8, 4) is 0 Å². The smallest absolute Gasteiger partial charge is 0.329 e. The first-order chi connectivity index (χ1) is 8.88. The van der Waals surface area contributed by atoms with E-state index in [-0.39, 0.29) is 19.5 Å². The van der Waals surface area contributed by atoms with Crippen LogP contribution in [0.15, 0.2) is 0 Å². The maximum atomic E-state index is 12.9. The molecule has 2 fully saturated rings. The molecule has 0 saturated carbocycles. The number of hydrogen-bond acceptors (Lipinski definition) is 2. The van der Waals surface area contributed by atoms with Gasteiger partial charge in [-0.05, 0) is 25.7 Å². The largest absolute Gasteiger partial charge is 0.408 e. The van der Waals surface area contributed by atoms with Gasteiger partial charge in [0.2, 0.25) is 5.91 Å². The minimum atomic E-state index is -4.35. The number of carbonyl (C=O) groups excluding carboxylic acids is 1. The minimum Gasteiger partial charge on any atom is -0.329 e. The Morgan fingerprint density at radius 1 is 1.11 bits per heavy atom. The highest BCUT2D eigenvalue weighted by molar-refractivity contribution is 5.79. The van der Waals surface area contributed by atoms with Gasteiger partial charge in [-0.3, -0.25) is 9.69 Å². The summed E-state index contributed by atoms with van der Waals surface area (Å²) in [5.74, 6) is -0.489. The minimum absolute atomic E-state index is 0.0121. The molecule has 7 heteroatoms. The van der Waals surface area contributed by atoms with Gasteiger partial charge in [-0.2, -0.15) is 13.2 Å². The normalized spacial score (nSPS) is 26.9. The van der Waals surface area contributed by atoms with E-state index in [4.69, 9.17) is 0 Å². The molecule has 2 saturated heterocycles. The van der Waals surface area contributed by atoms with Crippen LogP contribution in [0.3, 0.4) is 0 Å². The first-order valence-electron chi connectivity index (χ1n) is 6.60. The van der Waals surface area contributed by atoms with E-state index in [1.165, 1.54) is 0 Å². The summed E-state index contributed by atoms with van der Waals surface area (Å²) in [6, 6.07) is -1.64. The number of alkyl halides is 4. The van der Waals surface area contributed by atoms with E-state index in [1.807, 2.05) is 0 Å². The summed E-state index contributed by atoms with van der Waals surface area (Å²) < 4.78 is 51.2. The molecule has 0 aliphatic carbocycles. The molecule has 2 rings (SSSR count). The first-order valence-corrected chi connectivity index (χ1v) is 6.60. The Kier molecular flexibility index (Phi) is 4.32. The van der Waals surface area contributed by atoms with Crippen LogP contribution in [-0.4, -0.2) is 60.3 Å². The molecule has 0 spiro atoms. The summed E-state index contributed by atoms with van der Waals surface area (Å²) in [5, 5.41) is 0. The van der Waals surface area contributed by atoms with Crippen LogP contribution in [0.2, 0.25) is 0 Å². The van der Waals surface area contributed by atoms with Crippen LogP contribution >= 0.6 is 0 Å². The number of amides is 1. The topological polar surface area (TPSA) is 23.6 Å². The summed E-state index contributed by atoms with van der Waals surface area (Å²) in [5.41, 5.74) is 0. The zero-order valence-electron chi connectivity index (χ0n) is 10.6. The molecular weight excluding hydrogens is 264 g/mol.